The number of aliphatic hydroxyl groups excluding tert-OH is 1. The second-order valence-corrected chi connectivity index (χ2v) is 10.9. The van der Waals surface area contributed by atoms with Crippen LogP contribution in [-0.2, 0) is 14.2 Å². The number of aromatic nitrogens is 1. The number of rotatable bonds is 8. The van der Waals surface area contributed by atoms with Gasteiger partial charge in [-0.3, -0.25) is 9.88 Å². The highest BCUT2D eigenvalue weighted by molar-refractivity contribution is 5.83. The van der Waals surface area contributed by atoms with Gasteiger partial charge in [0.2, 0.25) is 5.88 Å². The van der Waals surface area contributed by atoms with E-state index in [-0.39, 0.29) is 5.92 Å². The summed E-state index contributed by atoms with van der Waals surface area (Å²) >= 11 is 0. The number of allylic oxidation sites excluding steroid dienone is 5. The van der Waals surface area contributed by atoms with Crippen LogP contribution in [0.2, 0.25) is 0 Å². The summed E-state index contributed by atoms with van der Waals surface area (Å²) in [5.74, 6) is 1.65. The molecule has 3 aliphatic heterocycles. The molecule has 41 heavy (non-hydrogen) atoms. The van der Waals surface area contributed by atoms with E-state index in [1.54, 1.807) is 19.6 Å². The first kappa shape index (κ1) is 27.1. The fourth-order valence-corrected chi connectivity index (χ4v) is 6.17. The van der Waals surface area contributed by atoms with Gasteiger partial charge in [-0.15, -0.1) is 6.58 Å². The number of likely N-dealkylation sites (tertiary alicyclic amines) is 1. The molecule has 1 spiro atoms. The number of hydrogen-bond donors (Lipinski definition) is 1. The van der Waals surface area contributed by atoms with Crippen LogP contribution in [0.15, 0.2) is 91.1 Å². The second-order valence-electron chi connectivity index (χ2n) is 10.9. The number of fused-ring (bicyclic) bond motifs is 1. The SMILES string of the molecule is C=CC[C@@H]1CN(C[C@H](O)c2ccnc3ccc(OC)cc23)CC[C@@]12CN(C1=COC=C(C3=CC=CCC3)O1)C(=O)O2. The third-order valence-corrected chi connectivity index (χ3v) is 8.39. The molecule has 1 amide bonds. The number of carbonyl (C=O) groups excluding carboxylic acids is 1. The van der Waals surface area contributed by atoms with Gasteiger partial charge in [-0.2, -0.15) is 0 Å². The Morgan fingerprint density at radius 1 is 1.32 bits per heavy atom. The van der Waals surface area contributed by atoms with Gasteiger partial charge in [0.05, 0.1) is 25.3 Å². The Balaban J connectivity index is 1.15. The Morgan fingerprint density at radius 3 is 3.02 bits per heavy atom. The molecule has 2 aromatic rings. The number of ether oxygens (including phenoxy) is 4. The molecule has 6 rings (SSSR count). The van der Waals surface area contributed by atoms with Gasteiger partial charge < -0.3 is 24.1 Å². The number of β-amino-alcohol motifs (C(OH)–C–C–N with tert-alkyl or cyclic N) is 1. The lowest BCUT2D eigenvalue weighted by Crippen LogP contribution is -2.54. The van der Waals surface area contributed by atoms with E-state index in [1.807, 2.05) is 42.5 Å². The maximum Gasteiger partial charge on any atom is 0.417 e. The molecule has 0 saturated carbocycles. The molecule has 9 nitrogen and oxygen atoms in total. The molecule has 4 heterocycles. The fraction of sp³-hybridized carbons (Fsp3) is 0.375. The Bertz CT molecular complexity index is 1460. The lowest BCUT2D eigenvalue weighted by molar-refractivity contribution is -0.0553. The Kier molecular flexibility index (Phi) is 7.55. The van der Waals surface area contributed by atoms with Crippen molar-refractivity contribution in [2.24, 2.45) is 5.92 Å². The molecule has 214 valence electrons. The van der Waals surface area contributed by atoms with Crippen LogP contribution >= 0.6 is 0 Å². The quantitative estimate of drug-likeness (QED) is 0.436. The fourth-order valence-electron chi connectivity index (χ4n) is 6.17. The maximum absolute atomic E-state index is 13.2. The van der Waals surface area contributed by atoms with E-state index in [9.17, 15) is 9.90 Å². The van der Waals surface area contributed by atoms with E-state index < -0.39 is 17.8 Å². The van der Waals surface area contributed by atoms with Gasteiger partial charge in [0.25, 0.3) is 0 Å². The normalized spacial score (nSPS) is 25.1. The number of methoxy groups -OCH3 is 1. The van der Waals surface area contributed by atoms with Gasteiger partial charge in [0.1, 0.15) is 17.6 Å². The minimum Gasteiger partial charge on any atom is -0.497 e. The van der Waals surface area contributed by atoms with Crippen molar-refractivity contribution in [1.29, 1.82) is 0 Å². The molecule has 2 saturated heterocycles. The molecule has 9 heteroatoms. The molecule has 1 aromatic carbocycles. The van der Waals surface area contributed by atoms with Gasteiger partial charge in [0.15, 0.2) is 12.0 Å². The zero-order valence-corrected chi connectivity index (χ0v) is 23.2. The highest BCUT2D eigenvalue weighted by Crippen LogP contribution is 2.42. The van der Waals surface area contributed by atoms with Gasteiger partial charge in [0, 0.05) is 43.6 Å². The zero-order valence-electron chi connectivity index (χ0n) is 23.2. The standard InChI is InChI=1S/C32H35N3O6/c1-3-7-23-17-34(18-28(36)25-12-14-33-27-11-10-24(38-2)16-26(25)27)15-13-32(23)21-35(31(37)41-32)30-20-39-19-29(40-30)22-8-5-4-6-9-22/h3-5,8,10-12,14,16,19-20,23,28,36H,1,6-7,9,13,15,17-18,21H2,2H3/t23-,28+,32-/m1/s1. The molecule has 1 N–H and O–H groups in total. The highest BCUT2D eigenvalue weighted by atomic mass is 16.6. The number of nitrogens with zero attached hydrogens (tertiary/aromatic N) is 3. The predicted octanol–water partition coefficient (Wildman–Crippen LogP) is 5.33. The largest absolute Gasteiger partial charge is 0.497 e. The monoisotopic (exact) mass is 557 g/mol. The number of benzene rings is 1. The smallest absolute Gasteiger partial charge is 0.417 e. The molecule has 0 unspecified atom stereocenters. The number of carbonyl (C=O) groups is 1. The summed E-state index contributed by atoms with van der Waals surface area (Å²) in [5.41, 5.74) is 1.95. The minimum absolute atomic E-state index is 0.00418. The third kappa shape index (κ3) is 5.35. The van der Waals surface area contributed by atoms with Crippen LogP contribution in [0.5, 0.6) is 5.75 Å². The molecular formula is C32H35N3O6. The second kappa shape index (κ2) is 11.4. The first-order chi connectivity index (χ1) is 20.0. The average molecular weight is 558 g/mol. The van der Waals surface area contributed by atoms with Crippen molar-refractivity contribution in [3.05, 3.63) is 96.6 Å². The summed E-state index contributed by atoms with van der Waals surface area (Å²) in [7, 11) is 1.62. The van der Waals surface area contributed by atoms with Crippen LogP contribution in [0.1, 0.15) is 37.4 Å². The summed E-state index contributed by atoms with van der Waals surface area (Å²) in [5, 5.41) is 12.2. The van der Waals surface area contributed by atoms with Crippen molar-refractivity contribution in [3.8, 4) is 5.75 Å². The van der Waals surface area contributed by atoms with Crippen LogP contribution in [0.25, 0.3) is 10.9 Å². The van der Waals surface area contributed by atoms with E-state index in [0.717, 1.165) is 40.6 Å². The van der Waals surface area contributed by atoms with Crippen LogP contribution in [0.4, 0.5) is 4.79 Å². The topological polar surface area (TPSA) is 93.6 Å². The number of piperidine rings is 1. The van der Waals surface area contributed by atoms with Gasteiger partial charge in [-0.05, 0) is 54.7 Å². The lowest BCUT2D eigenvalue weighted by Gasteiger charge is -2.44. The van der Waals surface area contributed by atoms with E-state index in [4.69, 9.17) is 18.9 Å². The Labute approximate surface area is 239 Å². The molecule has 0 radical (unpaired) electrons. The van der Waals surface area contributed by atoms with E-state index in [2.05, 4.69) is 22.5 Å². The first-order valence-electron chi connectivity index (χ1n) is 14.0. The maximum atomic E-state index is 13.2. The van der Waals surface area contributed by atoms with Crippen molar-refractivity contribution in [1.82, 2.24) is 14.8 Å². The van der Waals surface area contributed by atoms with Crippen LogP contribution in [0.3, 0.4) is 0 Å². The van der Waals surface area contributed by atoms with E-state index >= 15 is 0 Å². The molecule has 0 bridgehead atoms. The Morgan fingerprint density at radius 2 is 2.22 bits per heavy atom. The molecule has 4 aliphatic rings. The third-order valence-electron chi connectivity index (χ3n) is 8.39. The molecule has 1 aromatic heterocycles. The zero-order chi connectivity index (χ0) is 28.4. The van der Waals surface area contributed by atoms with Crippen LogP contribution in [-0.4, -0.2) is 64.9 Å². The molecule has 3 atom stereocenters. The van der Waals surface area contributed by atoms with E-state index in [1.165, 1.54) is 11.2 Å². The molecule has 2 fully saturated rings. The van der Waals surface area contributed by atoms with Crippen molar-refractivity contribution in [2.75, 3.05) is 33.3 Å². The number of aliphatic hydroxyl groups is 1. The minimum atomic E-state index is -0.722. The van der Waals surface area contributed by atoms with Crippen LogP contribution in [0, 0.1) is 5.92 Å². The van der Waals surface area contributed by atoms with Crippen molar-refractivity contribution in [3.63, 3.8) is 0 Å². The highest BCUT2D eigenvalue weighted by Gasteiger charge is 2.54. The summed E-state index contributed by atoms with van der Waals surface area (Å²) in [6.07, 6.45) is 14.6. The van der Waals surface area contributed by atoms with Crippen molar-refractivity contribution >= 4 is 17.0 Å². The van der Waals surface area contributed by atoms with Crippen molar-refractivity contribution in [2.45, 2.75) is 37.4 Å². The summed E-state index contributed by atoms with van der Waals surface area (Å²) < 4.78 is 23.2. The summed E-state index contributed by atoms with van der Waals surface area (Å²) in [6, 6.07) is 7.53. The molecular weight excluding hydrogens is 522 g/mol. The van der Waals surface area contributed by atoms with Gasteiger partial charge in [-0.1, -0.05) is 24.3 Å². The van der Waals surface area contributed by atoms with Gasteiger partial charge >= 0.3 is 6.09 Å². The predicted molar refractivity (Wildman–Crippen MR) is 153 cm³/mol. The van der Waals surface area contributed by atoms with E-state index in [0.29, 0.717) is 50.7 Å². The number of pyridine rings is 1. The summed E-state index contributed by atoms with van der Waals surface area (Å²) in [4.78, 5) is 21.4. The van der Waals surface area contributed by atoms with Gasteiger partial charge in [-0.25, -0.2) is 9.69 Å². The molecule has 1 aliphatic carbocycles. The number of amides is 1. The first-order valence-corrected chi connectivity index (χ1v) is 14.0. The van der Waals surface area contributed by atoms with Crippen molar-refractivity contribution < 1.29 is 28.8 Å². The Hall–Kier alpha value is -4.08. The lowest BCUT2D eigenvalue weighted by atomic mass is 9.78. The summed E-state index contributed by atoms with van der Waals surface area (Å²) in [6.45, 7) is 6.08. The number of hydrogen-bond acceptors (Lipinski definition) is 8. The average Bonchev–Trinajstić information content (AvgIpc) is 3.35. The van der Waals surface area contributed by atoms with Crippen LogP contribution < -0.4 is 4.74 Å².